The fourth-order valence-corrected chi connectivity index (χ4v) is 3.27. The Morgan fingerprint density at radius 2 is 2.00 bits per heavy atom. The molecule has 24 heavy (non-hydrogen) atoms. The van der Waals surface area contributed by atoms with E-state index in [2.05, 4.69) is 0 Å². The third-order valence-corrected chi connectivity index (χ3v) is 4.51. The number of likely N-dealkylation sites (tertiary alicyclic amines) is 1. The number of β-lactam (4-membered cyclic amide) rings is 1. The minimum atomic E-state index is -0.641. The summed E-state index contributed by atoms with van der Waals surface area (Å²) in [5.74, 6) is 0.560. The van der Waals surface area contributed by atoms with Gasteiger partial charge in [-0.1, -0.05) is 6.07 Å². The molecule has 7 nitrogen and oxygen atoms in total. The van der Waals surface area contributed by atoms with Gasteiger partial charge in [0, 0.05) is 6.54 Å². The molecule has 0 bridgehead atoms. The van der Waals surface area contributed by atoms with Crippen molar-refractivity contribution in [2.24, 2.45) is 5.73 Å². The summed E-state index contributed by atoms with van der Waals surface area (Å²) in [6.45, 7) is 4.59. The highest BCUT2D eigenvalue weighted by Gasteiger charge is 2.52. The predicted octanol–water partition coefficient (Wildman–Crippen LogP) is 0.893. The van der Waals surface area contributed by atoms with Gasteiger partial charge >= 0.3 is 0 Å². The van der Waals surface area contributed by atoms with Gasteiger partial charge in [0.2, 0.25) is 5.91 Å². The zero-order valence-corrected chi connectivity index (χ0v) is 14.4. The summed E-state index contributed by atoms with van der Waals surface area (Å²) >= 11 is 0. The van der Waals surface area contributed by atoms with Crippen molar-refractivity contribution in [3.05, 3.63) is 23.8 Å². The highest BCUT2D eigenvalue weighted by Crippen LogP contribution is 2.34. The summed E-state index contributed by atoms with van der Waals surface area (Å²) in [7, 11) is 3.17. The maximum Gasteiger partial charge on any atom is 0.242 e. The van der Waals surface area contributed by atoms with E-state index < -0.39 is 11.8 Å². The van der Waals surface area contributed by atoms with Gasteiger partial charge in [-0.3, -0.25) is 4.79 Å². The van der Waals surface area contributed by atoms with Crippen LogP contribution in [0.25, 0.3) is 0 Å². The lowest BCUT2D eigenvalue weighted by atomic mass is 9.90. The Kier molecular flexibility index (Phi) is 4.42. The van der Waals surface area contributed by atoms with Crippen LogP contribution < -0.4 is 15.2 Å². The topological polar surface area (TPSA) is 83.3 Å². The van der Waals surface area contributed by atoms with Gasteiger partial charge in [0.15, 0.2) is 17.3 Å². The Morgan fingerprint density at radius 1 is 1.29 bits per heavy atom. The number of nitrogens with two attached hydrogens (primary N) is 1. The molecular weight excluding hydrogens is 312 g/mol. The van der Waals surface area contributed by atoms with Gasteiger partial charge < -0.3 is 29.6 Å². The van der Waals surface area contributed by atoms with E-state index in [0.29, 0.717) is 24.7 Å². The third kappa shape index (κ3) is 2.94. The lowest BCUT2D eigenvalue weighted by molar-refractivity contribution is -0.172. The molecule has 0 aromatic heterocycles. The van der Waals surface area contributed by atoms with E-state index >= 15 is 0 Å². The molecule has 1 aromatic rings. The SMILES string of the molecule is COc1ccc(CN2C(=O)[C@H](N)[C@H]2[C@H]2COC(C)(C)O2)cc1OC. The molecule has 2 fully saturated rings. The van der Waals surface area contributed by atoms with Crippen molar-refractivity contribution < 1.29 is 23.7 Å². The fourth-order valence-electron chi connectivity index (χ4n) is 3.27. The summed E-state index contributed by atoms with van der Waals surface area (Å²) in [5, 5.41) is 0. The quantitative estimate of drug-likeness (QED) is 0.804. The van der Waals surface area contributed by atoms with Crippen molar-refractivity contribution >= 4 is 5.91 Å². The van der Waals surface area contributed by atoms with Gasteiger partial charge in [-0.05, 0) is 31.5 Å². The zero-order valence-electron chi connectivity index (χ0n) is 14.4. The van der Waals surface area contributed by atoms with E-state index in [1.54, 1.807) is 19.1 Å². The van der Waals surface area contributed by atoms with Gasteiger partial charge in [0.05, 0.1) is 26.9 Å². The number of nitrogens with zero attached hydrogens (tertiary/aromatic N) is 1. The second-order valence-corrected chi connectivity index (χ2v) is 6.54. The molecule has 0 radical (unpaired) electrons. The molecule has 1 amide bonds. The maximum absolute atomic E-state index is 12.2. The molecule has 2 N–H and O–H groups in total. The Labute approximate surface area is 141 Å². The Bertz CT molecular complexity index is 633. The number of rotatable bonds is 5. The first-order valence-electron chi connectivity index (χ1n) is 7.95. The molecule has 0 saturated carbocycles. The Hall–Kier alpha value is -1.83. The van der Waals surface area contributed by atoms with Gasteiger partial charge in [-0.25, -0.2) is 0 Å². The van der Waals surface area contributed by atoms with Crippen molar-refractivity contribution in [1.82, 2.24) is 4.90 Å². The minimum Gasteiger partial charge on any atom is -0.493 e. The van der Waals surface area contributed by atoms with Crippen LogP contribution in [0, 0.1) is 0 Å². The first-order chi connectivity index (χ1) is 11.4. The number of amides is 1. The standard InChI is InChI=1S/C17H24N2O5/c1-17(2)23-9-13(24-17)15-14(18)16(20)19(15)8-10-5-6-11(21-3)12(7-10)22-4/h5-7,13-15H,8-9,18H2,1-4H3/t13-,14-,15-/m1/s1. The number of hydrogen-bond acceptors (Lipinski definition) is 6. The fraction of sp³-hybridized carbons (Fsp3) is 0.588. The number of hydrogen-bond donors (Lipinski definition) is 1. The van der Waals surface area contributed by atoms with Crippen LogP contribution >= 0.6 is 0 Å². The highest BCUT2D eigenvalue weighted by atomic mass is 16.7. The van der Waals surface area contributed by atoms with Crippen molar-refractivity contribution in [3.63, 3.8) is 0 Å². The molecule has 132 valence electrons. The summed E-state index contributed by atoms with van der Waals surface area (Å²) in [5.41, 5.74) is 6.95. The van der Waals surface area contributed by atoms with Crippen LogP contribution in [0.3, 0.4) is 0 Å². The van der Waals surface area contributed by atoms with E-state index in [-0.39, 0.29) is 18.1 Å². The van der Waals surface area contributed by atoms with Crippen molar-refractivity contribution in [2.75, 3.05) is 20.8 Å². The molecule has 3 atom stereocenters. The van der Waals surface area contributed by atoms with Crippen molar-refractivity contribution in [1.29, 1.82) is 0 Å². The third-order valence-electron chi connectivity index (χ3n) is 4.51. The second kappa shape index (κ2) is 6.23. The molecule has 2 aliphatic rings. The van der Waals surface area contributed by atoms with E-state index in [1.807, 2.05) is 32.0 Å². The van der Waals surface area contributed by atoms with E-state index in [9.17, 15) is 4.79 Å². The summed E-state index contributed by atoms with van der Waals surface area (Å²) < 4.78 is 22.0. The molecule has 7 heteroatoms. The monoisotopic (exact) mass is 336 g/mol. The smallest absolute Gasteiger partial charge is 0.242 e. The van der Waals surface area contributed by atoms with Crippen LogP contribution in [-0.2, 0) is 20.8 Å². The lowest BCUT2D eigenvalue weighted by Gasteiger charge is -2.47. The normalized spacial score (nSPS) is 28.6. The van der Waals surface area contributed by atoms with Gasteiger partial charge in [0.1, 0.15) is 12.1 Å². The van der Waals surface area contributed by atoms with Crippen molar-refractivity contribution in [3.8, 4) is 11.5 Å². The largest absolute Gasteiger partial charge is 0.493 e. The molecule has 2 saturated heterocycles. The van der Waals surface area contributed by atoms with Gasteiger partial charge in [0.25, 0.3) is 0 Å². The molecule has 3 rings (SSSR count). The highest BCUT2D eigenvalue weighted by molar-refractivity contribution is 5.89. The van der Waals surface area contributed by atoms with Gasteiger partial charge in [-0.15, -0.1) is 0 Å². The summed E-state index contributed by atoms with van der Waals surface area (Å²) in [6, 6.07) is 4.86. The first kappa shape index (κ1) is 17.0. The van der Waals surface area contributed by atoms with Crippen molar-refractivity contribution in [2.45, 2.75) is 44.4 Å². The van der Waals surface area contributed by atoms with E-state index in [4.69, 9.17) is 24.7 Å². The van der Waals surface area contributed by atoms with Gasteiger partial charge in [-0.2, -0.15) is 0 Å². The number of benzene rings is 1. The molecular formula is C17H24N2O5. The number of carbonyl (C=O) groups is 1. The summed E-state index contributed by atoms with van der Waals surface area (Å²) in [6.07, 6.45) is -0.215. The van der Waals surface area contributed by atoms with Crippen LogP contribution in [0.5, 0.6) is 11.5 Å². The molecule has 0 spiro atoms. The molecule has 2 heterocycles. The molecule has 1 aromatic carbocycles. The molecule has 0 unspecified atom stereocenters. The zero-order chi connectivity index (χ0) is 17.5. The minimum absolute atomic E-state index is 0.0805. The Morgan fingerprint density at radius 3 is 2.58 bits per heavy atom. The predicted molar refractivity (Wildman–Crippen MR) is 86.8 cm³/mol. The van der Waals surface area contributed by atoms with Crippen LogP contribution in [0.4, 0.5) is 0 Å². The average molecular weight is 336 g/mol. The number of carbonyl (C=O) groups excluding carboxylic acids is 1. The van der Waals surface area contributed by atoms with E-state index in [0.717, 1.165) is 5.56 Å². The number of methoxy groups -OCH3 is 2. The maximum atomic E-state index is 12.2. The average Bonchev–Trinajstić information content (AvgIpc) is 2.92. The first-order valence-corrected chi connectivity index (χ1v) is 7.95. The van der Waals surface area contributed by atoms with Crippen LogP contribution in [-0.4, -0.2) is 55.6 Å². The van der Waals surface area contributed by atoms with Crippen LogP contribution in [0.1, 0.15) is 19.4 Å². The molecule has 2 aliphatic heterocycles. The Balaban J connectivity index is 1.75. The van der Waals surface area contributed by atoms with E-state index in [1.165, 1.54) is 0 Å². The van der Waals surface area contributed by atoms with Crippen LogP contribution in [0.15, 0.2) is 18.2 Å². The second-order valence-electron chi connectivity index (χ2n) is 6.54. The number of ether oxygens (including phenoxy) is 4. The molecule has 0 aliphatic carbocycles. The lowest BCUT2D eigenvalue weighted by Crippen LogP contribution is -2.72. The summed E-state index contributed by atoms with van der Waals surface area (Å²) in [4.78, 5) is 14.0. The van der Waals surface area contributed by atoms with Crippen LogP contribution in [0.2, 0.25) is 0 Å².